The standard InChI is InChI=1S/C26H33BrN2O3/c1-3-19-14-15-24(22(27)16-19)32-18-25(30)29(17-20-10-6-5-7-11-20)23(4-2)26(31)28-21-12-8-9-13-21/h5-7,10-11,14-16,21,23H,3-4,8-9,12-13,17-18H2,1-2H3,(H,28,31)/t23-/m1/s1. The van der Waals surface area contributed by atoms with Crippen LogP contribution in [0.15, 0.2) is 53.0 Å². The molecule has 0 aromatic heterocycles. The van der Waals surface area contributed by atoms with Crippen molar-refractivity contribution < 1.29 is 14.3 Å². The summed E-state index contributed by atoms with van der Waals surface area (Å²) >= 11 is 3.53. The van der Waals surface area contributed by atoms with Gasteiger partial charge in [0.15, 0.2) is 6.61 Å². The van der Waals surface area contributed by atoms with Crippen LogP contribution in [0.4, 0.5) is 0 Å². The number of amides is 2. The van der Waals surface area contributed by atoms with Gasteiger partial charge in [-0.25, -0.2) is 0 Å². The molecule has 0 unspecified atom stereocenters. The van der Waals surface area contributed by atoms with Crippen molar-refractivity contribution in [2.45, 2.75) is 71.0 Å². The topological polar surface area (TPSA) is 58.6 Å². The van der Waals surface area contributed by atoms with E-state index in [1.165, 1.54) is 5.56 Å². The van der Waals surface area contributed by atoms with Crippen LogP contribution in [-0.4, -0.2) is 35.4 Å². The summed E-state index contributed by atoms with van der Waals surface area (Å²) in [5, 5.41) is 3.17. The van der Waals surface area contributed by atoms with E-state index in [0.29, 0.717) is 18.7 Å². The zero-order valence-corrected chi connectivity index (χ0v) is 20.6. The van der Waals surface area contributed by atoms with Crippen LogP contribution in [0.25, 0.3) is 0 Å². The average Bonchev–Trinajstić information content (AvgIpc) is 3.31. The molecule has 1 aliphatic carbocycles. The monoisotopic (exact) mass is 500 g/mol. The Labute approximate surface area is 199 Å². The number of rotatable bonds is 10. The fourth-order valence-corrected chi connectivity index (χ4v) is 4.71. The zero-order chi connectivity index (χ0) is 22.9. The summed E-state index contributed by atoms with van der Waals surface area (Å²) in [6.07, 6.45) is 5.80. The Bertz CT molecular complexity index is 897. The maximum absolute atomic E-state index is 13.3. The van der Waals surface area contributed by atoms with Gasteiger partial charge in [-0.2, -0.15) is 0 Å². The van der Waals surface area contributed by atoms with E-state index in [0.717, 1.165) is 42.1 Å². The number of hydrogen-bond acceptors (Lipinski definition) is 3. The maximum atomic E-state index is 13.3. The van der Waals surface area contributed by atoms with E-state index in [4.69, 9.17) is 4.74 Å². The molecule has 5 nitrogen and oxygen atoms in total. The van der Waals surface area contributed by atoms with Gasteiger partial charge in [0.05, 0.1) is 4.47 Å². The minimum absolute atomic E-state index is 0.0721. The quantitative estimate of drug-likeness (QED) is 0.484. The summed E-state index contributed by atoms with van der Waals surface area (Å²) in [4.78, 5) is 28.1. The van der Waals surface area contributed by atoms with E-state index < -0.39 is 6.04 Å². The number of halogens is 1. The number of nitrogens with one attached hydrogen (secondary N) is 1. The summed E-state index contributed by atoms with van der Waals surface area (Å²) in [6, 6.07) is 15.4. The molecule has 1 aliphatic rings. The highest BCUT2D eigenvalue weighted by Gasteiger charge is 2.30. The number of benzene rings is 2. The molecular formula is C26H33BrN2O3. The third kappa shape index (κ3) is 6.58. The van der Waals surface area contributed by atoms with Gasteiger partial charge in [0, 0.05) is 12.6 Å². The molecule has 0 radical (unpaired) electrons. The van der Waals surface area contributed by atoms with Gasteiger partial charge in [-0.15, -0.1) is 0 Å². The Morgan fingerprint density at radius 3 is 2.44 bits per heavy atom. The minimum Gasteiger partial charge on any atom is -0.483 e. The van der Waals surface area contributed by atoms with Crippen LogP contribution in [0.3, 0.4) is 0 Å². The van der Waals surface area contributed by atoms with Gasteiger partial charge in [-0.05, 0) is 64.9 Å². The maximum Gasteiger partial charge on any atom is 0.261 e. The normalized spacial score (nSPS) is 14.7. The third-order valence-corrected chi connectivity index (χ3v) is 6.66. The number of carbonyl (C=O) groups is 2. The highest BCUT2D eigenvalue weighted by molar-refractivity contribution is 9.10. The molecule has 2 amide bonds. The summed E-state index contributed by atoms with van der Waals surface area (Å²) in [5.41, 5.74) is 2.18. The molecule has 0 saturated heterocycles. The lowest BCUT2D eigenvalue weighted by atomic mass is 10.1. The van der Waals surface area contributed by atoms with Crippen LogP contribution < -0.4 is 10.1 Å². The molecule has 1 atom stereocenters. The Hall–Kier alpha value is -2.34. The number of aryl methyl sites for hydroxylation is 1. The van der Waals surface area contributed by atoms with E-state index in [1.54, 1.807) is 4.90 Å². The van der Waals surface area contributed by atoms with Crippen LogP contribution in [0, 0.1) is 0 Å². The van der Waals surface area contributed by atoms with E-state index in [9.17, 15) is 9.59 Å². The minimum atomic E-state index is -0.530. The predicted octanol–water partition coefficient (Wildman–Crippen LogP) is 5.26. The van der Waals surface area contributed by atoms with Crippen molar-refractivity contribution in [2.75, 3.05) is 6.61 Å². The van der Waals surface area contributed by atoms with Crippen LogP contribution in [0.5, 0.6) is 5.75 Å². The molecule has 1 N–H and O–H groups in total. The van der Waals surface area contributed by atoms with E-state index >= 15 is 0 Å². The van der Waals surface area contributed by atoms with Gasteiger partial charge >= 0.3 is 0 Å². The summed E-state index contributed by atoms with van der Waals surface area (Å²) in [6.45, 7) is 4.29. The summed E-state index contributed by atoms with van der Waals surface area (Å²) in [5.74, 6) is 0.351. The SMILES string of the molecule is CCc1ccc(OCC(=O)N(Cc2ccccc2)[C@H](CC)C(=O)NC2CCCC2)c(Br)c1. The predicted molar refractivity (Wildman–Crippen MR) is 130 cm³/mol. The fourth-order valence-electron chi connectivity index (χ4n) is 4.17. The number of carbonyl (C=O) groups excluding carboxylic acids is 2. The van der Waals surface area contributed by atoms with E-state index in [1.807, 2.05) is 55.5 Å². The Morgan fingerprint density at radius 1 is 1.09 bits per heavy atom. The van der Waals surface area contributed by atoms with E-state index in [2.05, 4.69) is 28.2 Å². The first-order valence-corrected chi connectivity index (χ1v) is 12.4. The van der Waals surface area contributed by atoms with Crippen molar-refractivity contribution in [1.82, 2.24) is 10.2 Å². The Balaban J connectivity index is 1.74. The molecule has 1 fully saturated rings. The fraction of sp³-hybridized carbons (Fsp3) is 0.462. The van der Waals surface area contributed by atoms with Crippen LogP contribution >= 0.6 is 15.9 Å². The second-order valence-corrected chi connectivity index (χ2v) is 9.18. The highest BCUT2D eigenvalue weighted by atomic mass is 79.9. The van der Waals surface area contributed by atoms with Gasteiger partial charge in [0.25, 0.3) is 5.91 Å². The Kier molecular flexibility index (Phi) is 9.15. The lowest BCUT2D eigenvalue weighted by Gasteiger charge is -2.31. The van der Waals surface area contributed by atoms with Gasteiger partial charge in [0.2, 0.25) is 5.91 Å². The highest BCUT2D eigenvalue weighted by Crippen LogP contribution is 2.26. The first kappa shape index (κ1) is 24.3. The van der Waals surface area contributed by atoms with Crippen LogP contribution in [0.1, 0.15) is 57.1 Å². The molecule has 32 heavy (non-hydrogen) atoms. The van der Waals surface area contributed by atoms with Crippen molar-refractivity contribution in [2.24, 2.45) is 0 Å². The van der Waals surface area contributed by atoms with Crippen LogP contribution in [0.2, 0.25) is 0 Å². The molecule has 2 aromatic carbocycles. The zero-order valence-electron chi connectivity index (χ0n) is 19.0. The first-order valence-electron chi connectivity index (χ1n) is 11.6. The molecular weight excluding hydrogens is 468 g/mol. The molecule has 3 rings (SSSR count). The summed E-state index contributed by atoms with van der Waals surface area (Å²) < 4.78 is 6.68. The molecule has 0 aliphatic heterocycles. The van der Waals surface area contributed by atoms with Crippen molar-refractivity contribution in [1.29, 1.82) is 0 Å². The Morgan fingerprint density at radius 2 is 1.81 bits per heavy atom. The van der Waals surface area contributed by atoms with Crippen molar-refractivity contribution >= 4 is 27.7 Å². The molecule has 1 saturated carbocycles. The second kappa shape index (κ2) is 12.0. The van der Waals surface area contributed by atoms with Gasteiger partial charge in [0.1, 0.15) is 11.8 Å². The second-order valence-electron chi connectivity index (χ2n) is 8.33. The number of hydrogen-bond donors (Lipinski definition) is 1. The smallest absolute Gasteiger partial charge is 0.261 e. The average molecular weight is 501 g/mol. The molecule has 6 heteroatoms. The van der Waals surface area contributed by atoms with Crippen molar-refractivity contribution in [3.05, 3.63) is 64.1 Å². The van der Waals surface area contributed by atoms with E-state index in [-0.39, 0.29) is 24.5 Å². The van der Waals surface area contributed by atoms with Gasteiger partial charge in [-0.3, -0.25) is 9.59 Å². The molecule has 2 aromatic rings. The molecule has 0 heterocycles. The molecule has 0 spiro atoms. The third-order valence-electron chi connectivity index (χ3n) is 6.04. The largest absolute Gasteiger partial charge is 0.483 e. The van der Waals surface area contributed by atoms with Crippen molar-refractivity contribution in [3.8, 4) is 5.75 Å². The van der Waals surface area contributed by atoms with Crippen LogP contribution in [-0.2, 0) is 22.6 Å². The number of ether oxygens (including phenoxy) is 1. The lowest BCUT2D eigenvalue weighted by molar-refractivity contribution is -0.143. The summed E-state index contributed by atoms with van der Waals surface area (Å²) in [7, 11) is 0. The number of nitrogens with zero attached hydrogens (tertiary/aromatic N) is 1. The molecule has 0 bridgehead atoms. The lowest BCUT2D eigenvalue weighted by Crippen LogP contribution is -2.52. The van der Waals surface area contributed by atoms with Crippen molar-refractivity contribution in [3.63, 3.8) is 0 Å². The van der Waals surface area contributed by atoms with Gasteiger partial charge in [-0.1, -0.05) is 63.1 Å². The molecule has 172 valence electrons. The van der Waals surface area contributed by atoms with Gasteiger partial charge < -0.3 is 15.0 Å². The first-order chi connectivity index (χ1) is 15.5.